The Morgan fingerprint density at radius 2 is 1.76 bits per heavy atom. The van der Waals surface area contributed by atoms with Gasteiger partial charge in [0.25, 0.3) is 0 Å². The van der Waals surface area contributed by atoms with Crippen molar-refractivity contribution in [2.24, 2.45) is 0 Å². The van der Waals surface area contributed by atoms with Crippen LogP contribution in [0.5, 0.6) is 5.75 Å². The maximum atomic E-state index is 9.99. The molecule has 0 aliphatic heterocycles. The van der Waals surface area contributed by atoms with Crippen molar-refractivity contribution in [3.05, 3.63) is 77.0 Å². The Labute approximate surface area is 132 Å². The lowest BCUT2D eigenvalue weighted by molar-refractivity contribution is 0.465. The number of aromatic nitrogens is 1. The smallest absolute Gasteiger partial charge is 0.134 e. The lowest BCUT2D eigenvalue weighted by Gasteiger charge is -2.11. The van der Waals surface area contributed by atoms with Gasteiger partial charge < -0.3 is 15.0 Å². The summed E-state index contributed by atoms with van der Waals surface area (Å²) in [6.07, 6.45) is 4.03. The van der Waals surface area contributed by atoms with E-state index in [9.17, 15) is 5.11 Å². The van der Waals surface area contributed by atoms with Crippen LogP contribution in [0.25, 0.3) is 5.69 Å². The van der Waals surface area contributed by atoms with Crippen LogP contribution in [0.2, 0.25) is 0 Å². The SMILES string of the molecule is Oc1c(Br)cccc1CNc1cccc(-n2cccc2)c1. The van der Waals surface area contributed by atoms with Gasteiger partial charge >= 0.3 is 0 Å². The van der Waals surface area contributed by atoms with Crippen molar-refractivity contribution in [2.75, 3.05) is 5.32 Å². The third-order valence-electron chi connectivity index (χ3n) is 3.30. The third-order valence-corrected chi connectivity index (χ3v) is 3.94. The van der Waals surface area contributed by atoms with Crippen molar-refractivity contribution >= 4 is 21.6 Å². The van der Waals surface area contributed by atoms with Crippen LogP contribution >= 0.6 is 15.9 Å². The molecule has 1 heterocycles. The van der Waals surface area contributed by atoms with E-state index >= 15 is 0 Å². The highest BCUT2D eigenvalue weighted by atomic mass is 79.9. The van der Waals surface area contributed by atoms with Gasteiger partial charge in [-0.3, -0.25) is 0 Å². The van der Waals surface area contributed by atoms with Gasteiger partial charge in [0.2, 0.25) is 0 Å². The topological polar surface area (TPSA) is 37.2 Å². The summed E-state index contributed by atoms with van der Waals surface area (Å²) >= 11 is 3.33. The van der Waals surface area contributed by atoms with Crippen LogP contribution < -0.4 is 5.32 Å². The first kappa shape index (κ1) is 13.8. The molecule has 3 rings (SSSR count). The number of hydrogen-bond donors (Lipinski definition) is 2. The molecule has 0 fully saturated rings. The molecule has 0 radical (unpaired) electrons. The van der Waals surface area contributed by atoms with Gasteiger partial charge in [-0.2, -0.15) is 0 Å². The summed E-state index contributed by atoms with van der Waals surface area (Å²) in [5.74, 6) is 0.284. The number of nitrogens with one attached hydrogen (secondary N) is 1. The Bertz CT molecular complexity index is 738. The van der Waals surface area contributed by atoms with Gasteiger partial charge in [-0.25, -0.2) is 0 Å². The van der Waals surface area contributed by atoms with Gasteiger partial charge in [0, 0.05) is 35.9 Å². The Balaban J connectivity index is 1.77. The molecule has 0 saturated heterocycles. The molecule has 3 aromatic rings. The number of rotatable bonds is 4. The van der Waals surface area contributed by atoms with Crippen LogP contribution in [0, 0.1) is 0 Å². The summed E-state index contributed by atoms with van der Waals surface area (Å²) in [5.41, 5.74) is 2.97. The van der Waals surface area contributed by atoms with Crippen molar-refractivity contribution in [1.82, 2.24) is 4.57 Å². The zero-order valence-electron chi connectivity index (χ0n) is 11.3. The molecule has 4 heteroatoms. The molecule has 0 aliphatic rings. The number of anilines is 1. The highest BCUT2D eigenvalue weighted by Crippen LogP contribution is 2.28. The van der Waals surface area contributed by atoms with Crippen molar-refractivity contribution in [2.45, 2.75) is 6.54 Å². The van der Waals surface area contributed by atoms with Crippen molar-refractivity contribution < 1.29 is 5.11 Å². The lowest BCUT2D eigenvalue weighted by atomic mass is 10.2. The zero-order valence-corrected chi connectivity index (χ0v) is 12.9. The van der Waals surface area contributed by atoms with E-state index in [-0.39, 0.29) is 5.75 Å². The minimum Gasteiger partial charge on any atom is -0.506 e. The lowest BCUT2D eigenvalue weighted by Crippen LogP contribution is -2.00. The predicted octanol–water partition coefficient (Wildman–Crippen LogP) is 4.56. The quantitative estimate of drug-likeness (QED) is 0.729. The standard InChI is InChI=1S/C17H15BrN2O/c18-16-8-3-5-13(17(16)21)12-19-14-6-4-7-15(11-14)20-9-1-2-10-20/h1-11,19,21H,12H2. The molecule has 1 aromatic heterocycles. The highest BCUT2D eigenvalue weighted by molar-refractivity contribution is 9.10. The Kier molecular flexibility index (Phi) is 3.97. The summed E-state index contributed by atoms with van der Waals surface area (Å²) < 4.78 is 2.77. The highest BCUT2D eigenvalue weighted by Gasteiger charge is 2.04. The number of phenolic OH excluding ortho intramolecular Hbond substituents is 1. The second kappa shape index (κ2) is 6.06. The number of phenols is 1. The first-order valence-corrected chi connectivity index (χ1v) is 7.47. The number of aromatic hydroxyl groups is 1. The average molecular weight is 343 g/mol. The maximum absolute atomic E-state index is 9.99. The number of hydrogen-bond acceptors (Lipinski definition) is 2. The Morgan fingerprint density at radius 1 is 1.00 bits per heavy atom. The van der Waals surface area contributed by atoms with E-state index in [0.29, 0.717) is 11.0 Å². The van der Waals surface area contributed by atoms with Crippen molar-refractivity contribution in [3.8, 4) is 11.4 Å². The second-order valence-corrected chi connectivity index (χ2v) is 5.60. The molecule has 0 atom stereocenters. The minimum atomic E-state index is 0.284. The van der Waals surface area contributed by atoms with E-state index in [1.807, 2.05) is 54.9 Å². The number of para-hydroxylation sites is 1. The van der Waals surface area contributed by atoms with Gasteiger partial charge in [-0.15, -0.1) is 0 Å². The fourth-order valence-electron chi connectivity index (χ4n) is 2.18. The third kappa shape index (κ3) is 3.11. The summed E-state index contributed by atoms with van der Waals surface area (Å²) in [4.78, 5) is 0. The normalized spacial score (nSPS) is 10.5. The average Bonchev–Trinajstić information content (AvgIpc) is 3.03. The van der Waals surface area contributed by atoms with E-state index in [2.05, 4.69) is 37.9 Å². The number of halogens is 1. The maximum Gasteiger partial charge on any atom is 0.134 e. The van der Waals surface area contributed by atoms with Gasteiger partial charge in [0.05, 0.1) is 4.47 Å². The Hall–Kier alpha value is -2.20. The molecule has 0 saturated carbocycles. The fourth-order valence-corrected chi connectivity index (χ4v) is 2.59. The predicted molar refractivity (Wildman–Crippen MR) is 88.9 cm³/mol. The molecule has 0 bridgehead atoms. The first-order valence-electron chi connectivity index (χ1n) is 6.68. The Morgan fingerprint density at radius 3 is 2.57 bits per heavy atom. The number of benzene rings is 2. The number of nitrogens with zero attached hydrogens (tertiary/aromatic N) is 1. The largest absolute Gasteiger partial charge is 0.506 e. The molecule has 2 N–H and O–H groups in total. The van der Waals surface area contributed by atoms with Crippen LogP contribution in [0.3, 0.4) is 0 Å². The monoisotopic (exact) mass is 342 g/mol. The van der Waals surface area contributed by atoms with Crippen LogP contribution in [-0.4, -0.2) is 9.67 Å². The molecule has 2 aromatic carbocycles. The first-order chi connectivity index (χ1) is 10.2. The minimum absolute atomic E-state index is 0.284. The second-order valence-electron chi connectivity index (χ2n) is 4.74. The van der Waals surface area contributed by atoms with Crippen molar-refractivity contribution in [1.29, 1.82) is 0 Å². The van der Waals surface area contributed by atoms with E-state index in [1.165, 1.54) is 0 Å². The van der Waals surface area contributed by atoms with Crippen LogP contribution in [0.15, 0.2) is 71.5 Å². The molecule has 0 aliphatic carbocycles. The molecular weight excluding hydrogens is 328 g/mol. The van der Waals surface area contributed by atoms with Crippen LogP contribution in [0.4, 0.5) is 5.69 Å². The van der Waals surface area contributed by atoms with E-state index in [1.54, 1.807) is 0 Å². The zero-order chi connectivity index (χ0) is 14.7. The summed E-state index contributed by atoms with van der Waals surface area (Å²) in [6.45, 7) is 0.570. The molecule has 0 amide bonds. The van der Waals surface area contributed by atoms with Gasteiger partial charge in [0.1, 0.15) is 5.75 Å². The van der Waals surface area contributed by atoms with Gasteiger partial charge in [0.15, 0.2) is 0 Å². The molecule has 106 valence electrons. The van der Waals surface area contributed by atoms with Crippen LogP contribution in [0.1, 0.15) is 5.56 Å². The van der Waals surface area contributed by atoms with Crippen LogP contribution in [-0.2, 0) is 6.54 Å². The molecule has 21 heavy (non-hydrogen) atoms. The van der Waals surface area contributed by atoms with E-state index in [0.717, 1.165) is 16.9 Å². The molecule has 0 unspecified atom stereocenters. The van der Waals surface area contributed by atoms with Gasteiger partial charge in [-0.1, -0.05) is 18.2 Å². The van der Waals surface area contributed by atoms with Crippen molar-refractivity contribution in [3.63, 3.8) is 0 Å². The molecule has 3 nitrogen and oxygen atoms in total. The molecular formula is C17H15BrN2O. The molecule has 0 spiro atoms. The van der Waals surface area contributed by atoms with E-state index in [4.69, 9.17) is 0 Å². The summed E-state index contributed by atoms with van der Waals surface area (Å²) in [7, 11) is 0. The summed E-state index contributed by atoms with van der Waals surface area (Å²) in [6, 6.07) is 17.8. The van der Waals surface area contributed by atoms with E-state index < -0.39 is 0 Å². The summed E-state index contributed by atoms with van der Waals surface area (Å²) in [5, 5.41) is 13.3. The van der Waals surface area contributed by atoms with Gasteiger partial charge in [-0.05, 0) is 52.3 Å². The fraction of sp³-hybridized carbons (Fsp3) is 0.0588.